The highest BCUT2D eigenvalue weighted by atomic mass is 32.2. The minimum atomic E-state index is -3.70. The maximum Gasteiger partial charge on any atom is 0.244 e. The van der Waals surface area contributed by atoms with Crippen LogP contribution in [-0.2, 0) is 27.6 Å². The first-order valence-electron chi connectivity index (χ1n) is 9.76. The molecule has 1 N–H and O–H groups in total. The number of nitrogens with one attached hydrogen (secondary N) is 1. The summed E-state index contributed by atoms with van der Waals surface area (Å²) in [6.07, 6.45) is 2.48. The molecule has 3 aromatic carbocycles. The Morgan fingerprint density at radius 1 is 0.900 bits per heavy atom. The van der Waals surface area contributed by atoms with E-state index in [1.165, 1.54) is 5.56 Å². The molecule has 30 heavy (non-hydrogen) atoms. The highest BCUT2D eigenvalue weighted by Crippen LogP contribution is 2.30. The monoisotopic (exact) mass is 418 g/mol. The van der Waals surface area contributed by atoms with Gasteiger partial charge >= 0.3 is 0 Å². The number of aryl methyl sites for hydroxylation is 1. The summed E-state index contributed by atoms with van der Waals surface area (Å²) in [6, 6.07) is 23.2. The van der Waals surface area contributed by atoms with E-state index in [1.54, 1.807) is 53.2 Å². The molecule has 0 saturated heterocycles. The largest absolute Gasteiger partial charge is 0.337 e. The van der Waals surface area contributed by atoms with Crippen molar-refractivity contribution in [3.05, 3.63) is 90.6 Å². The van der Waals surface area contributed by atoms with E-state index < -0.39 is 9.84 Å². The first-order chi connectivity index (χ1) is 14.5. The van der Waals surface area contributed by atoms with Gasteiger partial charge in [0.05, 0.1) is 9.79 Å². The molecular formula is C24H22N2O3S. The van der Waals surface area contributed by atoms with Gasteiger partial charge in [0.25, 0.3) is 0 Å². The standard InChI is InChI=1S/C24H22N2O3S/c1-2-18-12-14-19(15-13-18)25-24(27)17-26-16-23(21-10-6-7-11-22(21)26)30(28,29)20-8-4-3-5-9-20/h3-16H,2,17H2,1H3,(H,25,27). The molecule has 4 aromatic rings. The van der Waals surface area contributed by atoms with Crippen LogP contribution in [-0.4, -0.2) is 18.9 Å². The predicted molar refractivity (Wildman–Crippen MR) is 118 cm³/mol. The zero-order valence-electron chi connectivity index (χ0n) is 16.6. The minimum Gasteiger partial charge on any atom is -0.337 e. The Balaban J connectivity index is 1.66. The van der Waals surface area contributed by atoms with Gasteiger partial charge in [-0.1, -0.05) is 55.5 Å². The van der Waals surface area contributed by atoms with Gasteiger partial charge < -0.3 is 9.88 Å². The third-order valence-corrected chi connectivity index (χ3v) is 6.85. The highest BCUT2D eigenvalue weighted by Gasteiger charge is 2.23. The number of para-hydroxylation sites is 1. The lowest BCUT2D eigenvalue weighted by molar-refractivity contribution is -0.116. The maximum atomic E-state index is 13.2. The van der Waals surface area contributed by atoms with Crippen molar-refractivity contribution in [3.63, 3.8) is 0 Å². The molecule has 152 valence electrons. The van der Waals surface area contributed by atoms with Crippen LogP contribution < -0.4 is 5.32 Å². The molecule has 0 spiro atoms. The Morgan fingerprint density at radius 2 is 1.57 bits per heavy atom. The number of rotatable bonds is 6. The molecule has 4 rings (SSSR count). The fraction of sp³-hybridized carbons (Fsp3) is 0.125. The summed E-state index contributed by atoms with van der Waals surface area (Å²) < 4.78 is 28.1. The molecule has 5 nitrogen and oxygen atoms in total. The molecule has 6 heteroatoms. The fourth-order valence-electron chi connectivity index (χ4n) is 3.46. The van der Waals surface area contributed by atoms with Gasteiger partial charge in [-0.15, -0.1) is 0 Å². The number of carbonyl (C=O) groups excluding carboxylic acids is 1. The smallest absolute Gasteiger partial charge is 0.244 e. The van der Waals surface area contributed by atoms with E-state index in [0.29, 0.717) is 16.6 Å². The summed E-state index contributed by atoms with van der Waals surface area (Å²) in [5.74, 6) is -0.219. The highest BCUT2D eigenvalue weighted by molar-refractivity contribution is 7.91. The molecule has 0 fully saturated rings. The Labute approximate surface area is 175 Å². The van der Waals surface area contributed by atoms with E-state index in [0.717, 1.165) is 6.42 Å². The summed E-state index contributed by atoms with van der Waals surface area (Å²) >= 11 is 0. The molecule has 0 unspecified atom stereocenters. The molecule has 1 aromatic heterocycles. The normalized spacial score (nSPS) is 11.5. The fourth-order valence-corrected chi connectivity index (χ4v) is 4.96. The Morgan fingerprint density at radius 3 is 2.27 bits per heavy atom. The molecule has 1 amide bonds. The van der Waals surface area contributed by atoms with Gasteiger partial charge in [0, 0.05) is 22.8 Å². The first-order valence-corrected chi connectivity index (χ1v) is 11.2. The zero-order valence-corrected chi connectivity index (χ0v) is 17.4. The summed E-state index contributed by atoms with van der Waals surface area (Å²) in [4.78, 5) is 13.1. The van der Waals surface area contributed by atoms with Crippen molar-refractivity contribution in [1.29, 1.82) is 0 Å². The third kappa shape index (κ3) is 3.86. The quantitative estimate of drug-likeness (QED) is 0.495. The molecular weight excluding hydrogens is 396 g/mol. The SMILES string of the molecule is CCc1ccc(NC(=O)Cn2cc(S(=O)(=O)c3ccccc3)c3ccccc32)cc1. The van der Waals surface area contributed by atoms with Crippen molar-refractivity contribution in [2.75, 3.05) is 5.32 Å². The number of sulfone groups is 1. The van der Waals surface area contributed by atoms with Crippen LogP contribution in [0.2, 0.25) is 0 Å². The number of fused-ring (bicyclic) bond motifs is 1. The van der Waals surface area contributed by atoms with Crippen LogP contribution in [0.15, 0.2) is 94.9 Å². The molecule has 0 saturated carbocycles. The lowest BCUT2D eigenvalue weighted by Gasteiger charge is -2.08. The van der Waals surface area contributed by atoms with Gasteiger partial charge in [-0.3, -0.25) is 4.79 Å². The molecule has 1 heterocycles. The lowest BCUT2D eigenvalue weighted by atomic mass is 10.1. The first kappa shape index (κ1) is 19.9. The van der Waals surface area contributed by atoms with Crippen LogP contribution >= 0.6 is 0 Å². The Bertz CT molecular complexity index is 1290. The van der Waals surface area contributed by atoms with E-state index in [9.17, 15) is 13.2 Å². The van der Waals surface area contributed by atoms with Crippen LogP contribution in [0, 0.1) is 0 Å². The molecule has 0 aliphatic heterocycles. The van der Waals surface area contributed by atoms with Crippen LogP contribution in [0.3, 0.4) is 0 Å². The third-order valence-electron chi connectivity index (χ3n) is 5.05. The van der Waals surface area contributed by atoms with Gasteiger partial charge in [-0.25, -0.2) is 8.42 Å². The molecule has 0 aliphatic carbocycles. The summed E-state index contributed by atoms with van der Waals surface area (Å²) in [5.41, 5.74) is 2.61. The van der Waals surface area contributed by atoms with Crippen molar-refractivity contribution in [3.8, 4) is 0 Å². The average Bonchev–Trinajstić information content (AvgIpc) is 3.14. The number of aromatic nitrogens is 1. The van der Waals surface area contributed by atoms with Crippen LogP contribution in [0.5, 0.6) is 0 Å². The summed E-state index contributed by atoms with van der Waals surface area (Å²) in [7, 11) is -3.70. The number of anilines is 1. The lowest BCUT2D eigenvalue weighted by Crippen LogP contribution is -2.18. The topological polar surface area (TPSA) is 68.2 Å². The number of hydrogen-bond donors (Lipinski definition) is 1. The van der Waals surface area contributed by atoms with E-state index in [-0.39, 0.29) is 22.2 Å². The summed E-state index contributed by atoms with van der Waals surface area (Å²) in [6.45, 7) is 2.09. The van der Waals surface area contributed by atoms with Crippen molar-refractivity contribution < 1.29 is 13.2 Å². The number of carbonyl (C=O) groups is 1. The van der Waals surface area contributed by atoms with Gasteiger partial charge in [-0.05, 0) is 42.3 Å². The van der Waals surface area contributed by atoms with Crippen molar-refractivity contribution in [2.24, 2.45) is 0 Å². The zero-order chi connectivity index (χ0) is 21.1. The predicted octanol–water partition coefficient (Wildman–Crippen LogP) is 4.68. The molecule has 0 radical (unpaired) electrons. The van der Waals surface area contributed by atoms with Crippen molar-refractivity contribution in [2.45, 2.75) is 29.7 Å². The second-order valence-corrected chi connectivity index (χ2v) is 8.97. The Hall–Kier alpha value is -3.38. The second kappa shape index (κ2) is 8.16. The van der Waals surface area contributed by atoms with Gasteiger partial charge in [-0.2, -0.15) is 0 Å². The van der Waals surface area contributed by atoms with E-state index in [2.05, 4.69) is 12.2 Å². The molecule has 0 aliphatic rings. The van der Waals surface area contributed by atoms with Crippen LogP contribution in [0.4, 0.5) is 5.69 Å². The number of nitrogens with zero attached hydrogens (tertiary/aromatic N) is 1. The number of hydrogen-bond acceptors (Lipinski definition) is 3. The number of benzene rings is 3. The van der Waals surface area contributed by atoms with Gasteiger partial charge in [0.2, 0.25) is 15.7 Å². The van der Waals surface area contributed by atoms with E-state index in [1.807, 2.05) is 36.4 Å². The Kier molecular flexibility index (Phi) is 5.42. The van der Waals surface area contributed by atoms with Crippen LogP contribution in [0.1, 0.15) is 12.5 Å². The van der Waals surface area contributed by atoms with Crippen molar-refractivity contribution in [1.82, 2.24) is 4.57 Å². The minimum absolute atomic E-state index is 0.0142. The summed E-state index contributed by atoms with van der Waals surface area (Å²) in [5, 5.41) is 3.48. The van der Waals surface area contributed by atoms with E-state index in [4.69, 9.17) is 0 Å². The van der Waals surface area contributed by atoms with E-state index >= 15 is 0 Å². The van der Waals surface area contributed by atoms with Gasteiger partial charge in [0.15, 0.2) is 0 Å². The maximum absolute atomic E-state index is 13.2. The van der Waals surface area contributed by atoms with Gasteiger partial charge in [0.1, 0.15) is 6.54 Å². The second-order valence-electron chi connectivity index (χ2n) is 7.05. The van der Waals surface area contributed by atoms with Crippen LogP contribution in [0.25, 0.3) is 10.9 Å². The van der Waals surface area contributed by atoms with Crippen molar-refractivity contribution >= 4 is 32.3 Å². The number of amides is 1. The molecule has 0 atom stereocenters. The molecule has 0 bridgehead atoms. The average molecular weight is 419 g/mol.